The Hall–Kier alpha value is -1.77. The minimum absolute atomic E-state index is 0.777. The first kappa shape index (κ1) is 11.1. The van der Waals surface area contributed by atoms with Crippen LogP contribution in [0.4, 0.5) is 11.4 Å². The largest absolute Gasteiger partial charge is 0.397 e. The van der Waals surface area contributed by atoms with E-state index in [0.29, 0.717) is 0 Å². The van der Waals surface area contributed by atoms with Crippen LogP contribution < -0.4 is 10.6 Å². The van der Waals surface area contributed by atoms with E-state index in [4.69, 9.17) is 5.73 Å². The average molecular weight is 253 g/mol. The van der Waals surface area contributed by atoms with Crippen LogP contribution in [0.15, 0.2) is 30.5 Å². The Balaban J connectivity index is 1.77. The van der Waals surface area contributed by atoms with E-state index in [1.165, 1.54) is 43.4 Å². The number of aromatic nitrogens is 1. The smallest absolute Gasteiger partial charge is 0.0951 e. The van der Waals surface area contributed by atoms with E-state index in [1.54, 1.807) is 0 Å². The third kappa shape index (κ3) is 1.68. The van der Waals surface area contributed by atoms with Crippen molar-refractivity contribution in [3.63, 3.8) is 0 Å². The zero-order valence-corrected chi connectivity index (χ0v) is 11.0. The van der Waals surface area contributed by atoms with E-state index in [2.05, 4.69) is 22.0 Å². The van der Waals surface area contributed by atoms with Gasteiger partial charge in [-0.2, -0.15) is 0 Å². The molecule has 1 aliphatic carbocycles. The molecule has 1 saturated carbocycles. The van der Waals surface area contributed by atoms with Crippen molar-refractivity contribution < 1.29 is 0 Å². The topological polar surface area (TPSA) is 42.1 Å². The summed E-state index contributed by atoms with van der Waals surface area (Å²) in [5.74, 6) is 1.81. The summed E-state index contributed by atoms with van der Waals surface area (Å²) in [6.07, 6.45) is 6.13. The van der Waals surface area contributed by atoms with E-state index in [-0.39, 0.29) is 0 Å². The summed E-state index contributed by atoms with van der Waals surface area (Å²) in [6.45, 7) is 2.41. The van der Waals surface area contributed by atoms with Crippen molar-refractivity contribution >= 4 is 22.3 Å². The molecule has 2 aromatic rings. The zero-order chi connectivity index (χ0) is 12.8. The van der Waals surface area contributed by atoms with Gasteiger partial charge in [0, 0.05) is 30.4 Å². The van der Waals surface area contributed by atoms with Gasteiger partial charge in [-0.1, -0.05) is 18.6 Å². The number of hydrogen-bond acceptors (Lipinski definition) is 3. The highest BCUT2D eigenvalue weighted by atomic mass is 15.2. The van der Waals surface area contributed by atoms with Crippen molar-refractivity contribution in [1.82, 2.24) is 4.98 Å². The molecule has 1 aromatic carbocycles. The van der Waals surface area contributed by atoms with Crippen LogP contribution in [0.5, 0.6) is 0 Å². The second-order valence-corrected chi connectivity index (χ2v) is 5.93. The van der Waals surface area contributed by atoms with Crippen molar-refractivity contribution in [3.05, 3.63) is 30.5 Å². The van der Waals surface area contributed by atoms with Gasteiger partial charge in [0.2, 0.25) is 0 Å². The molecular formula is C16H19N3. The SMILES string of the molecule is Nc1cccc2c(N3CC4CCCC4C3)ccnc12. The van der Waals surface area contributed by atoms with Crippen LogP contribution in [0.25, 0.3) is 10.9 Å². The number of rotatable bonds is 1. The minimum atomic E-state index is 0.777. The van der Waals surface area contributed by atoms with E-state index >= 15 is 0 Å². The number of pyridine rings is 1. The van der Waals surface area contributed by atoms with Gasteiger partial charge in [-0.15, -0.1) is 0 Å². The summed E-state index contributed by atoms with van der Waals surface area (Å²) in [5.41, 5.74) is 9.06. The first-order chi connectivity index (χ1) is 9.33. The molecule has 1 aromatic heterocycles. The molecule has 0 bridgehead atoms. The second kappa shape index (κ2) is 4.12. The molecule has 2 heterocycles. The number of para-hydroxylation sites is 1. The van der Waals surface area contributed by atoms with Gasteiger partial charge in [0.15, 0.2) is 0 Å². The van der Waals surface area contributed by atoms with Crippen LogP contribution in [0.1, 0.15) is 19.3 Å². The van der Waals surface area contributed by atoms with Crippen LogP contribution in [0.2, 0.25) is 0 Å². The average Bonchev–Trinajstić information content (AvgIpc) is 2.99. The molecular weight excluding hydrogens is 234 g/mol. The van der Waals surface area contributed by atoms with Crippen LogP contribution in [0.3, 0.4) is 0 Å². The molecule has 2 unspecified atom stereocenters. The third-order valence-corrected chi connectivity index (χ3v) is 4.85. The molecule has 2 N–H and O–H groups in total. The van der Waals surface area contributed by atoms with Crippen molar-refractivity contribution in [3.8, 4) is 0 Å². The Morgan fingerprint density at radius 3 is 2.68 bits per heavy atom. The highest BCUT2D eigenvalue weighted by molar-refractivity contribution is 5.98. The quantitative estimate of drug-likeness (QED) is 0.794. The second-order valence-electron chi connectivity index (χ2n) is 5.93. The molecule has 1 saturated heterocycles. The maximum atomic E-state index is 6.03. The number of anilines is 2. The summed E-state index contributed by atoms with van der Waals surface area (Å²) in [5, 5.41) is 1.20. The lowest BCUT2D eigenvalue weighted by Crippen LogP contribution is -2.21. The fourth-order valence-corrected chi connectivity index (χ4v) is 3.89. The molecule has 0 amide bonds. The van der Waals surface area contributed by atoms with Crippen molar-refractivity contribution in [1.29, 1.82) is 0 Å². The molecule has 1 aliphatic heterocycles. The summed E-state index contributed by atoms with van der Waals surface area (Å²) >= 11 is 0. The minimum Gasteiger partial charge on any atom is -0.397 e. The van der Waals surface area contributed by atoms with Crippen LogP contribution >= 0.6 is 0 Å². The van der Waals surface area contributed by atoms with Gasteiger partial charge in [-0.05, 0) is 36.8 Å². The number of hydrogen-bond donors (Lipinski definition) is 1. The number of benzene rings is 1. The summed E-state index contributed by atoms with van der Waals surface area (Å²) in [4.78, 5) is 6.97. The molecule has 2 atom stereocenters. The Labute approximate surface area is 113 Å². The lowest BCUT2D eigenvalue weighted by molar-refractivity contribution is 0.494. The summed E-state index contributed by atoms with van der Waals surface area (Å²) < 4.78 is 0. The first-order valence-electron chi connectivity index (χ1n) is 7.21. The lowest BCUT2D eigenvalue weighted by atomic mass is 10.0. The van der Waals surface area contributed by atoms with Gasteiger partial charge >= 0.3 is 0 Å². The number of fused-ring (bicyclic) bond motifs is 2. The van der Waals surface area contributed by atoms with Gasteiger partial charge in [-0.25, -0.2) is 0 Å². The van der Waals surface area contributed by atoms with E-state index in [1.807, 2.05) is 18.3 Å². The van der Waals surface area contributed by atoms with Crippen LogP contribution in [-0.4, -0.2) is 18.1 Å². The predicted octanol–water partition coefficient (Wildman–Crippen LogP) is 3.05. The third-order valence-electron chi connectivity index (χ3n) is 4.85. The maximum absolute atomic E-state index is 6.03. The Bertz CT molecular complexity index is 610. The van der Waals surface area contributed by atoms with Gasteiger partial charge in [0.25, 0.3) is 0 Å². The van der Waals surface area contributed by atoms with Gasteiger partial charge in [0.05, 0.1) is 11.2 Å². The normalized spacial score (nSPS) is 26.0. The number of nitrogen functional groups attached to an aromatic ring is 1. The van der Waals surface area contributed by atoms with Gasteiger partial charge < -0.3 is 10.6 Å². The van der Waals surface area contributed by atoms with Crippen LogP contribution in [0, 0.1) is 11.8 Å². The van der Waals surface area contributed by atoms with Crippen molar-refractivity contribution in [2.75, 3.05) is 23.7 Å². The molecule has 98 valence electrons. The molecule has 3 nitrogen and oxygen atoms in total. The Morgan fingerprint density at radius 2 is 1.89 bits per heavy atom. The van der Waals surface area contributed by atoms with Crippen LogP contribution in [-0.2, 0) is 0 Å². The fourth-order valence-electron chi connectivity index (χ4n) is 3.89. The first-order valence-corrected chi connectivity index (χ1v) is 7.21. The molecule has 0 spiro atoms. The zero-order valence-electron chi connectivity index (χ0n) is 11.0. The summed E-state index contributed by atoms with van der Waals surface area (Å²) in [7, 11) is 0. The molecule has 0 radical (unpaired) electrons. The summed E-state index contributed by atoms with van der Waals surface area (Å²) in [6, 6.07) is 8.24. The molecule has 3 heteroatoms. The molecule has 19 heavy (non-hydrogen) atoms. The monoisotopic (exact) mass is 253 g/mol. The molecule has 2 fully saturated rings. The maximum Gasteiger partial charge on any atom is 0.0951 e. The Morgan fingerprint density at radius 1 is 1.11 bits per heavy atom. The molecule has 2 aliphatic rings. The van der Waals surface area contributed by atoms with E-state index in [9.17, 15) is 0 Å². The van der Waals surface area contributed by atoms with Gasteiger partial charge in [0.1, 0.15) is 0 Å². The highest BCUT2D eigenvalue weighted by Crippen LogP contribution is 2.41. The fraction of sp³-hybridized carbons (Fsp3) is 0.438. The predicted molar refractivity (Wildman–Crippen MR) is 79.2 cm³/mol. The van der Waals surface area contributed by atoms with Crippen molar-refractivity contribution in [2.45, 2.75) is 19.3 Å². The Kier molecular flexibility index (Phi) is 2.40. The number of nitrogens with two attached hydrogens (primary N) is 1. The van der Waals surface area contributed by atoms with E-state index in [0.717, 1.165) is 23.0 Å². The standard InChI is InChI=1S/C16H19N3/c17-14-6-2-5-13-15(7-8-18-16(13)14)19-9-11-3-1-4-12(11)10-19/h2,5-8,11-12H,1,3-4,9-10,17H2. The number of nitrogens with zero attached hydrogens (tertiary/aromatic N) is 2. The highest BCUT2D eigenvalue weighted by Gasteiger charge is 2.36. The van der Waals surface area contributed by atoms with E-state index < -0.39 is 0 Å². The lowest BCUT2D eigenvalue weighted by Gasteiger charge is -2.21. The molecule has 4 rings (SSSR count). The van der Waals surface area contributed by atoms with Gasteiger partial charge in [-0.3, -0.25) is 4.98 Å². The van der Waals surface area contributed by atoms with Crippen molar-refractivity contribution in [2.24, 2.45) is 11.8 Å².